The van der Waals surface area contributed by atoms with E-state index < -0.39 is 35.5 Å². The number of piperidine rings is 1. The minimum atomic E-state index is -3.49. The predicted molar refractivity (Wildman–Crippen MR) is 63.1 cm³/mol. The maximum Gasteiger partial charge on any atom is 0.410 e. The van der Waals surface area contributed by atoms with Crippen LogP contribution in [0.4, 0.5) is 13.6 Å². The van der Waals surface area contributed by atoms with Crippen LogP contribution in [0.25, 0.3) is 0 Å². The molecule has 1 atom stereocenters. The van der Waals surface area contributed by atoms with E-state index in [2.05, 4.69) is 0 Å². The third-order valence-electron chi connectivity index (χ3n) is 3.20. The van der Waals surface area contributed by atoms with Crippen molar-refractivity contribution in [2.24, 2.45) is 5.41 Å². The van der Waals surface area contributed by atoms with Gasteiger partial charge in [-0.15, -0.1) is 0 Å². The molecule has 5 nitrogen and oxygen atoms in total. The molecule has 0 bridgehead atoms. The average Bonchev–Trinajstić information content (AvgIpc) is 2.19. The Morgan fingerprint density at radius 2 is 1.84 bits per heavy atom. The fourth-order valence-corrected chi connectivity index (χ4v) is 1.78. The first-order valence-electron chi connectivity index (χ1n) is 5.98. The Hall–Kier alpha value is -1.40. The van der Waals surface area contributed by atoms with Crippen molar-refractivity contribution >= 4 is 12.1 Å². The Bertz CT molecular complexity index is 392. The van der Waals surface area contributed by atoms with Gasteiger partial charge in [-0.05, 0) is 34.1 Å². The van der Waals surface area contributed by atoms with Crippen molar-refractivity contribution in [1.29, 1.82) is 0 Å². The highest BCUT2D eigenvalue weighted by atomic mass is 19.3. The van der Waals surface area contributed by atoms with Crippen LogP contribution in [-0.2, 0) is 9.53 Å². The Morgan fingerprint density at radius 1 is 1.32 bits per heavy atom. The van der Waals surface area contributed by atoms with Crippen LogP contribution in [0.3, 0.4) is 0 Å². The van der Waals surface area contributed by atoms with E-state index in [9.17, 15) is 18.4 Å². The van der Waals surface area contributed by atoms with Crippen LogP contribution in [-0.4, -0.2) is 46.7 Å². The molecule has 1 saturated heterocycles. The van der Waals surface area contributed by atoms with Gasteiger partial charge in [-0.3, -0.25) is 4.79 Å². The lowest BCUT2D eigenvalue weighted by Gasteiger charge is -2.42. The van der Waals surface area contributed by atoms with Gasteiger partial charge in [0, 0.05) is 6.54 Å². The van der Waals surface area contributed by atoms with E-state index in [0.29, 0.717) is 0 Å². The maximum atomic E-state index is 13.9. The van der Waals surface area contributed by atoms with E-state index in [1.165, 1.54) is 0 Å². The molecule has 1 aliphatic rings. The highest BCUT2D eigenvalue weighted by Crippen LogP contribution is 2.44. The lowest BCUT2D eigenvalue weighted by atomic mass is 9.77. The third-order valence-corrected chi connectivity index (χ3v) is 3.20. The number of nitrogens with zero attached hydrogens (tertiary/aromatic N) is 1. The second-order valence-corrected chi connectivity index (χ2v) is 5.99. The first-order valence-corrected chi connectivity index (χ1v) is 5.98. The van der Waals surface area contributed by atoms with Crippen LogP contribution >= 0.6 is 0 Å². The van der Waals surface area contributed by atoms with Crippen LogP contribution < -0.4 is 0 Å². The molecule has 0 aliphatic carbocycles. The lowest BCUT2D eigenvalue weighted by Crippen LogP contribution is -2.59. The molecular weight excluding hydrogens is 260 g/mol. The van der Waals surface area contributed by atoms with E-state index in [1.54, 1.807) is 20.8 Å². The first kappa shape index (κ1) is 15.7. The molecule has 1 aliphatic heterocycles. The topological polar surface area (TPSA) is 66.8 Å². The van der Waals surface area contributed by atoms with Crippen LogP contribution in [0.5, 0.6) is 0 Å². The molecule has 0 aromatic carbocycles. The minimum Gasteiger partial charge on any atom is -0.481 e. The molecule has 0 aromatic heterocycles. The molecule has 1 amide bonds. The van der Waals surface area contributed by atoms with Gasteiger partial charge in [0.15, 0.2) is 0 Å². The molecule has 19 heavy (non-hydrogen) atoms. The minimum absolute atomic E-state index is 0.0622. The number of likely N-dealkylation sites (tertiary alicyclic amines) is 1. The van der Waals surface area contributed by atoms with Gasteiger partial charge in [-0.25, -0.2) is 13.6 Å². The second-order valence-electron chi connectivity index (χ2n) is 5.99. The second kappa shape index (κ2) is 4.61. The standard InChI is InChI=1S/C12H19F2NO4/c1-10(2,3)19-9(18)15-6-5-11(4,8(16)17)12(13,14)7-15/h5-7H2,1-4H3,(H,16,17). The number of hydrogen-bond donors (Lipinski definition) is 1. The molecule has 1 unspecified atom stereocenters. The summed E-state index contributed by atoms with van der Waals surface area (Å²) in [5.41, 5.74) is -2.93. The van der Waals surface area contributed by atoms with Crippen LogP contribution in [0, 0.1) is 5.41 Å². The van der Waals surface area contributed by atoms with E-state index in [4.69, 9.17) is 9.84 Å². The zero-order chi connectivity index (χ0) is 15.1. The summed E-state index contributed by atoms with van der Waals surface area (Å²) in [5, 5.41) is 8.93. The molecule has 0 aromatic rings. The van der Waals surface area contributed by atoms with Crippen molar-refractivity contribution in [1.82, 2.24) is 4.90 Å². The maximum absolute atomic E-state index is 13.9. The quantitative estimate of drug-likeness (QED) is 0.800. The highest BCUT2D eigenvalue weighted by Gasteiger charge is 2.59. The van der Waals surface area contributed by atoms with Gasteiger partial charge in [-0.2, -0.15) is 0 Å². The number of carbonyl (C=O) groups excluding carboxylic acids is 1. The summed E-state index contributed by atoms with van der Waals surface area (Å²) in [4.78, 5) is 23.5. The number of halogens is 2. The summed E-state index contributed by atoms with van der Waals surface area (Å²) in [7, 11) is 0. The number of aliphatic carboxylic acids is 1. The number of rotatable bonds is 1. The fraction of sp³-hybridized carbons (Fsp3) is 0.833. The molecule has 0 saturated carbocycles. The zero-order valence-corrected chi connectivity index (χ0v) is 11.5. The van der Waals surface area contributed by atoms with E-state index in [-0.39, 0.29) is 13.0 Å². The Kier molecular flexibility index (Phi) is 3.80. The van der Waals surface area contributed by atoms with Gasteiger partial charge >= 0.3 is 12.1 Å². The number of carbonyl (C=O) groups is 2. The molecule has 1 heterocycles. The summed E-state index contributed by atoms with van der Waals surface area (Å²) < 4.78 is 32.8. The van der Waals surface area contributed by atoms with Gasteiger partial charge in [0.2, 0.25) is 0 Å². The van der Waals surface area contributed by atoms with Gasteiger partial charge < -0.3 is 14.7 Å². The SMILES string of the molecule is CC(C)(C)OC(=O)N1CCC(C)(C(=O)O)C(F)(F)C1. The molecule has 1 rings (SSSR count). The summed E-state index contributed by atoms with van der Waals surface area (Å²) in [5.74, 6) is -5.05. The highest BCUT2D eigenvalue weighted by molar-refractivity contribution is 5.77. The van der Waals surface area contributed by atoms with Crippen molar-refractivity contribution in [3.8, 4) is 0 Å². The normalized spacial score (nSPS) is 26.9. The molecule has 1 fully saturated rings. The van der Waals surface area contributed by atoms with Crippen molar-refractivity contribution in [2.45, 2.75) is 45.6 Å². The number of ether oxygens (including phenoxy) is 1. The number of hydrogen-bond acceptors (Lipinski definition) is 3. The van der Waals surface area contributed by atoms with Crippen LogP contribution in [0.15, 0.2) is 0 Å². The van der Waals surface area contributed by atoms with Crippen molar-refractivity contribution in [3.05, 3.63) is 0 Å². The predicted octanol–water partition coefficient (Wildman–Crippen LogP) is 2.35. The molecule has 1 N–H and O–H groups in total. The van der Waals surface area contributed by atoms with E-state index >= 15 is 0 Å². The molecule has 0 spiro atoms. The van der Waals surface area contributed by atoms with E-state index in [0.717, 1.165) is 11.8 Å². The van der Waals surface area contributed by atoms with Crippen molar-refractivity contribution in [2.75, 3.05) is 13.1 Å². The number of amides is 1. The first-order chi connectivity index (χ1) is 8.39. The van der Waals surface area contributed by atoms with Gasteiger partial charge in [0.25, 0.3) is 5.92 Å². The largest absolute Gasteiger partial charge is 0.481 e. The summed E-state index contributed by atoms with van der Waals surface area (Å²) >= 11 is 0. The van der Waals surface area contributed by atoms with Crippen LogP contribution in [0.1, 0.15) is 34.1 Å². The monoisotopic (exact) mass is 279 g/mol. The van der Waals surface area contributed by atoms with Crippen molar-refractivity contribution < 1.29 is 28.2 Å². The Balaban J connectivity index is 2.82. The summed E-state index contributed by atoms with van der Waals surface area (Å²) in [6, 6.07) is 0. The van der Waals surface area contributed by atoms with E-state index in [1.807, 2.05) is 0 Å². The molecule has 110 valence electrons. The van der Waals surface area contributed by atoms with Crippen LogP contribution in [0.2, 0.25) is 0 Å². The molecular formula is C12H19F2NO4. The Labute approximate surface area is 110 Å². The summed E-state index contributed by atoms with van der Waals surface area (Å²) in [6.07, 6.45) is -1.16. The fourth-order valence-electron chi connectivity index (χ4n) is 1.78. The Morgan fingerprint density at radius 3 is 2.21 bits per heavy atom. The number of carboxylic acid groups (broad SMARTS) is 1. The van der Waals surface area contributed by atoms with Gasteiger partial charge in [-0.1, -0.05) is 0 Å². The summed E-state index contributed by atoms with van der Waals surface area (Å²) in [6.45, 7) is 4.90. The lowest BCUT2D eigenvalue weighted by molar-refractivity contribution is -0.191. The molecule has 0 radical (unpaired) electrons. The zero-order valence-electron chi connectivity index (χ0n) is 11.5. The average molecular weight is 279 g/mol. The smallest absolute Gasteiger partial charge is 0.410 e. The number of alkyl halides is 2. The van der Waals surface area contributed by atoms with Crippen molar-refractivity contribution in [3.63, 3.8) is 0 Å². The number of carboxylic acids is 1. The molecule has 7 heteroatoms. The third kappa shape index (κ3) is 3.13. The van der Waals surface area contributed by atoms with Gasteiger partial charge in [0.1, 0.15) is 11.0 Å². The van der Waals surface area contributed by atoms with Gasteiger partial charge in [0.05, 0.1) is 6.54 Å².